The molecule has 3 amide bonds. The van der Waals surface area contributed by atoms with Crippen LogP contribution in [-0.2, 0) is 14.4 Å². The lowest BCUT2D eigenvalue weighted by Gasteiger charge is -2.31. The lowest BCUT2D eigenvalue weighted by molar-refractivity contribution is -0.138. The van der Waals surface area contributed by atoms with E-state index in [1.807, 2.05) is 43.5 Å². The molecule has 8 nitrogen and oxygen atoms in total. The molecule has 3 saturated heterocycles. The van der Waals surface area contributed by atoms with Crippen molar-refractivity contribution < 1.29 is 19.2 Å². The van der Waals surface area contributed by atoms with E-state index in [-0.39, 0.29) is 48.1 Å². The van der Waals surface area contributed by atoms with Crippen LogP contribution in [0.5, 0.6) is 0 Å². The van der Waals surface area contributed by atoms with Crippen molar-refractivity contribution in [2.45, 2.75) is 70.1 Å². The fourth-order valence-electron chi connectivity index (χ4n) is 5.98. The maximum Gasteiger partial charge on any atom is 0.251 e. The summed E-state index contributed by atoms with van der Waals surface area (Å²) in [5, 5.41) is 8.24. The van der Waals surface area contributed by atoms with Crippen LogP contribution in [0.1, 0.15) is 56.3 Å². The highest BCUT2D eigenvalue weighted by molar-refractivity contribution is 7.13. The number of hydrogen-bond acceptors (Lipinski definition) is 6. The molecule has 0 saturated carbocycles. The number of piperidine rings is 1. The number of hydrogen-bond donors (Lipinski definition) is 2. The molecule has 4 unspecified atom stereocenters. The highest BCUT2D eigenvalue weighted by Crippen LogP contribution is 2.32. The van der Waals surface area contributed by atoms with Crippen molar-refractivity contribution >= 4 is 34.8 Å². The van der Waals surface area contributed by atoms with Crippen molar-refractivity contribution in [3.8, 4) is 10.4 Å². The molecule has 3 aliphatic heterocycles. The second-order valence-corrected chi connectivity index (χ2v) is 11.9. The zero-order valence-electron chi connectivity index (χ0n) is 22.0. The lowest BCUT2D eigenvalue weighted by Crippen LogP contribution is -2.53. The number of likely N-dealkylation sites (tertiary alicyclic amines) is 2. The van der Waals surface area contributed by atoms with Crippen LogP contribution in [0.25, 0.3) is 10.4 Å². The number of carbonyl (C=O) groups is 4. The van der Waals surface area contributed by atoms with Gasteiger partial charge < -0.3 is 20.4 Å². The quantitative estimate of drug-likeness (QED) is 0.567. The molecule has 2 N–H and O–H groups in total. The Bertz CT molecular complexity index is 1170. The molecule has 4 atom stereocenters. The first kappa shape index (κ1) is 26.6. The van der Waals surface area contributed by atoms with Gasteiger partial charge in [-0.3, -0.25) is 19.2 Å². The van der Waals surface area contributed by atoms with Crippen LogP contribution in [0.2, 0.25) is 0 Å². The number of amides is 3. The van der Waals surface area contributed by atoms with E-state index in [1.54, 1.807) is 33.3 Å². The third-order valence-electron chi connectivity index (χ3n) is 7.86. The van der Waals surface area contributed by atoms with Gasteiger partial charge in [0.2, 0.25) is 11.8 Å². The molecule has 0 radical (unpaired) electrons. The van der Waals surface area contributed by atoms with E-state index in [9.17, 15) is 19.2 Å². The van der Waals surface area contributed by atoms with E-state index >= 15 is 0 Å². The summed E-state index contributed by atoms with van der Waals surface area (Å²) < 4.78 is 0. The lowest BCUT2D eigenvalue weighted by atomic mass is 10.0. The molecule has 1 aromatic heterocycles. The first-order valence-electron chi connectivity index (χ1n) is 13.7. The summed E-state index contributed by atoms with van der Waals surface area (Å²) in [7, 11) is 0. The van der Waals surface area contributed by atoms with Gasteiger partial charge in [-0.25, -0.2) is 0 Å². The molecular formula is C29H36N4O4S. The Kier molecular flexibility index (Phi) is 7.95. The maximum atomic E-state index is 13.8. The van der Waals surface area contributed by atoms with Crippen molar-refractivity contribution in [3.63, 3.8) is 0 Å². The van der Waals surface area contributed by atoms with E-state index in [0.717, 1.165) is 36.2 Å². The Hall–Kier alpha value is -3.04. The van der Waals surface area contributed by atoms with Gasteiger partial charge in [-0.15, -0.1) is 11.3 Å². The Morgan fingerprint density at radius 2 is 1.87 bits per heavy atom. The molecule has 3 aliphatic rings. The Labute approximate surface area is 227 Å². The normalized spacial score (nSPS) is 24.0. The van der Waals surface area contributed by atoms with Crippen molar-refractivity contribution in [1.82, 2.24) is 20.4 Å². The standard InChI is InChI=1S/C29H36N4O4S/c1-18(2)16-22(31-27(35)20-10-8-19(9-11-20)25-7-5-15-38-25)29(37)32-14-12-23-26(32)24(34)17-33(23)28(36)21-6-3-4-13-30-21/h5,7-11,15,18,21-23,26,30H,3-4,6,12-14,16-17H2,1-2H3,(H,31,35). The average molecular weight is 537 g/mol. The number of fused-ring (bicyclic) bond motifs is 1. The molecule has 0 spiro atoms. The molecule has 202 valence electrons. The molecule has 38 heavy (non-hydrogen) atoms. The van der Waals surface area contributed by atoms with E-state index in [4.69, 9.17) is 0 Å². The Morgan fingerprint density at radius 1 is 1.08 bits per heavy atom. The highest BCUT2D eigenvalue weighted by Gasteiger charge is 2.53. The second kappa shape index (κ2) is 11.4. The molecule has 3 fully saturated rings. The molecule has 4 heterocycles. The predicted octanol–water partition coefficient (Wildman–Crippen LogP) is 3.08. The van der Waals surface area contributed by atoms with Gasteiger partial charge in [0.05, 0.1) is 18.6 Å². The monoisotopic (exact) mass is 536 g/mol. The minimum atomic E-state index is -0.740. The Balaban J connectivity index is 1.28. The van der Waals surface area contributed by atoms with E-state index < -0.39 is 12.1 Å². The fourth-order valence-corrected chi connectivity index (χ4v) is 6.72. The molecule has 2 aromatic rings. The number of nitrogens with one attached hydrogen (secondary N) is 2. The van der Waals surface area contributed by atoms with Gasteiger partial charge in [0.1, 0.15) is 12.1 Å². The van der Waals surface area contributed by atoms with Crippen molar-refractivity contribution in [2.24, 2.45) is 5.92 Å². The first-order chi connectivity index (χ1) is 18.3. The summed E-state index contributed by atoms with van der Waals surface area (Å²) >= 11 is 1.64. The molecule has 0 aliphatic carbocycles. The van der Waals surface area contributed by atoms with E-state index in [0.29, 0.717) is 24.9 Å². The fraction of sp³-hybridized carbons (Fsp3) is 0.517. The van der Waals surface area contributed by atoms with Crippen molar-refractivity contribution in [2.75, 3.05) is 19.6 Å². The first-order valence-corrected chi connectivity index (χ1v) is 14.5. The number of rotatable bonds is 7. The molecule has 0 bridgehead atoms. The number of Topliss-reactive ketones (excluding diaryl/α,β-unsaturated/α-hetero) is 1. The van der Waals surface area contributed by atoms with Gasteiger partial charge in [-0.1, -0.05) is 38.5 Å². The van der Waals surface area contributed by atoms with Gasteiger partial charge in [0, 0.05) is 17.0 Å². The minimum absolute atomic E-state index is 0.0297. The van der Waals surface area contributed by atoms with Crippen LogP contribution >= 0.6 is 11.3 Å². The van der Waals surface area contributed by atoms with Gasteiger partial charge in [-0.2, -0.15) is 0 Å². The van der Waals surface area contributed by atoms with Crippen LogP contribution in [0.4, 0.5) is 0 Å². The smallest absolute Gasteiger partial charge is 0.251 e. The minimum Gasteiger partial charge on any atom is -0.340 e. The number of nitrogens with zero attached hydrogens (tertiary/aromatic N) is 2. The van der Waals surface area contributed by atoms with Gasteiger partial charge in [-0.05, 0) is 67.3 Å². The number of carbonyl (C=O) groups excluding carboxylic acids is 4. The maximum absolute atomic E-state index is 13.8. The van der Waals surface area contributed by atoms with Crippen LogP contribution in [0.3, 0.4) is 0 Å². The molecule has 1 aromatic carbocycles. The van der Waals surface area contributed by atoms with Crippen molar-refractivity contribution in [3.05, 3.63) is 47.3 Å². The largest absolute Gasteiger partial charge is 0.340 e. The highest BCUT2D eigenvalue weighted by atomic mass is 32.1. The number of ketones is 1. The number of benzene rings is 1. The van der Waals surface area contributed by atoms with Gasteiger partial charge in [0.15, 0.2) is 5.78 Å². The summed E-state index contributed by atoms with van der Waals surface area (Å²) in [6.45, 7) is 5.28. The zero-order valence-corrected chi connectivity index (χ0v) is 22.8. The van der Waals surface area contributed by atoms with Gasteiger partial charge in [0.25, 0.3) is 5.91 Å². The van der Waals surface area contributed by atoms with Crippen LogP contribution < -0.4 is 10.6 Å². The van der Waals surface area contributed by atoms with E-state index in [2.05, 4.69) is 10.6 Å². The summed E-state index contributed by atoms with van der Waals surface area (Å²) in [6, 6.07) is 9.48. The van der Waals surface area contributed by atoms with Crippen LogP contribution in [-0.4, -0.2) is 77.1 Å². The third-order valence-corrected chi connectivity index (χ3v) is 8.78. The summed E-state index contributed by atoms with van der Waals surface area (Å²) in [5.41, 5.74) is 1.52. The topological polar surface area (TPSA) is 98.8 Å². The van der Waals surface area contributed by atoms with Crippen LogP contribution in [0.15, 0.2) is 41.8 Å². The summed E-state index contributed by atoms with van der Waals surface area (Å²) in [6.07, 6.45) is 3.87. The second-order valence-electron chi connectivity index (χ2n) is 11.0. The van der Waals surface area contributed by atoms with E-state index in [1.165, 1.54) is 0 Å². The Morgan fingerprint density at radius 3 is 2.53 bits per heavy atom. The van der Waals surface area contributed by atoms with Gasteiger partial charge >= 0.3 is 0 Å². The van der Waals surface area contributed by atoms with Crippen molar-refractivity contribution in [1.29, 1.82) is 0 Å². The SMILES string of the molecule is CC(C)CC(NC(=O)c1ccc(-c2cccs2)cc1)C(=O)N1CCC2C1C(=O)CN2C(=O)C1CCCCN1. The predicted molar refractivity (Wildman–Crippen MR) is 147 cm³/mol. The number of thiophene rings is 1. The van der Waals surface area contributed by atoms with Crippen LogP contribution in [0, 0.1) is 5.92 Å². The summed E-state index contributed by atoms with van der Waals surface area (Å²) in [4.78, 5) is 57.6. The molecular weight excluding hydrogens is 500 g/mol. The molecule has 9 heteroatoms. The third kappa shape index (κ3) is 5.40. The molecule has 5 rings (SSSR count). The zero-order chi connectivity index (χ0) is 26.8. The summed E-state index contributed by atoms with van der Waals surface area (Å²) in [5.74, 6) is -0.510. The average Bonchev–Trinajstić information content (AvgIpc) is 3.67.